The molecule has 38 heavy (non-hydrogen) atoms. The summed E-state index contributed by atoms with van der Waals surface area (Å²) in [5.74, 6) is -0.0195. The van der Waals surface area contributed by atoms with Crippen LogP contribution in [0.3, 0.4) is 0 Å². The van der Waals surface area contributed by atoms with Crippen LogP contribution in [-0.4, -0.2) is 47.7 Å². The molecule has 3 amide bonds. The van der Waals surface area contributed by atoms with E-state index in [1.165, 1.54) is 0 Å². The third-order valence-electron chi connectivity index (χ3n) is 8.39. The van der Waals surface area contributed by atoms with Crippen LogP contribution in [0.4, 0.5) is 10.6 Å². The summed E-state index contributed by atoms with van der Waals surface area (Å²) in [6.45, 7) is 14.5. The van der Waals surface area contributed by atoms with Gasteiger partial charge in [0.1, 0.15) is 6.61 Å². The van der Waals surface area contributed by atoms with Crippen molar-refractivity contribution in [2.45, 2.75) is 89.8 Å². The number of H-pyrrole nitrogens is 1. The Morgan fingerprint density at radius 3 is 2.34 bits per heavy atom. The van der Waals surface area contributed by atoms with Gasteiger partial charge in [0.05, 0.1) is 37.8 Å². The number of esters is 1. The number of urea groups is 1. The van der Waals surface area contributed by atoms with E-state index in [4.69, 9.17) is 4.74 Å². The monoisotopic (exact) mass is 539 g/mol. The number of hydrogen-bond donors (Lipinski definition) is 3. The number of nitrogens with zero attached hydrogens (tertiary/aromatic N) is 2. The number of anilines is 1. The fourth-order valence-electron chi connectivity index (χ4n) is 5.49. The second kappa shape index (κ2) is 10.2. The van der Waals surface area contributed by atoms with Crippen molar-refractivity contribution in [2.75, 3.05) is 11.9 Å². The van der Waals surface area contributed by atoms with Crippen molar-refractivity contribution < 1.29 is 19.1 Å². The molecular weight excluding hydrogens is 498 g/mol. The van der Waals surface area contributed by atoms with E-state index < -0.39 is 19.7 Å². The third kappa shape index (κ3) is 4.98. The van der Waals surface area contributed by atoms with Crippen molar-refractivity contribution in [3.63, 3.8) is 0 Å². The number of aromatic nitrogens is 2. The number of amides is 3. The maximum atomic E-state index is 13.6. The molecule has 1 aliphatic heterocycles. The number of aromatic amines is 1. The van der Waals surface area contributed by atoms with Crippen LogP contribution in [0.25, 0.3) is 0 Å². The number of carbonyl (C=O) groups excluding carboxylic acids is 3. The first kappa shape index (κ1) is 27.9. The molecule has 1 aromatic heterocycles. The van der Waals surface area contributed by atoms with Crippen LogP contribution in [0.5, 0.6) is 0 Å². The smallest absolute Gasteiger partial charge is 0.319 e. The second-order valence-electron chi connectivity index (χ2n) is 12.4. The Morgan fingerprint density at radius 2 is 1.79 bits per heavy atom. The molecule has 1 fully saturated rings. The molecule has 0 bridgehead atoms. The van der Waals surface area contributed by atoms with E-state index >= 15 is 0 Å². The van der Waals surface area contributed by atoms with Crippen molar-refractivity contribution in [1.29, 1.82) is 0 Å². The lowest BCUT2D eigenvalue weighted by Crippen LogP contribution is -2.52. The van der Waals surface area contributed by atoms with Gasteiger partial charge in [-0.2, -0.15) is 5.10 Å². The molecule has 1 saturated carbocycles. The van der Waals surface area contributed by atoms with Crippen LogP contribution in [0.15, 0.2) is 30.3 Å². The Bertz CT molecular complexity index is 1200. The number of rotatable bonds is 8. The van der Waals surface area contributed by atoms with E-state index in [1.54, 1.807) is 18.7 Å². The molecule has 10 heteroatoms. The summed E-state index contributed by atoms with van der Waals surface area (Å²) in [7, 11) is -1.74. The Balaban J connectivity index is 1.51. The Labute approximate surface area is 226 Å². The highest BCUT2D eigenvalue weighted by molar-refractivity contribution is 6.83. The average Bonchev–Trinajstić information content (AvgIpc) is 3.32. The molecule has 206 valence electrons. The van der Waals surface area contributed by atoms with Crippen molar-refractivity contribution in [1.82, 2.24) is 20.4 Å². The highest BCUT2D eigenvalue weighted by Gasteiger charge is 2.54. The van der Waals surface area contributed by atoms with Crippen LogP contribution < -0.4 is 10.6 Å². The van der Waals surface area contributed by atoms with Crippen LogP contribution in [0.1, 0.15) is 69.8 Å². The molecule has 2 aliphatic rings. The van der Waals surface area contributed by atoms with Gasteiger partial charge in [0.15, 0.2) is 5.82 Å². The number of hydrogen-bond acceptors (Lipinski definition) is 5. The molecule has 0 spiro atoms. The van der Waals surface area contributed by atoms with Crippen molar-refractivity contribution in [3.05, 3.63) is 47.2 Å². The normalized spacial score (nSPS) is 18.4. The standard InChI is InChI=1S/C28H41N5O4Si/c1-18(2)24(34)37-17-21(19-12-9-8-10-13-19)29-26(36)33-16-20-22(27(33,3)4)31-32-23(20)30-25(35)28(14-11-15-28)38(5,6)7/h8-10,12-13,18,21H,11,14-17H2,1-7H3,(H,29,36)(H2,30,31,32,35). The summed E-state index contributed by atoms with van der Waals surface area (Å²) >= 11 is 0. The van der Waals surface area contributed by atoms with Crippen LogP contribution in [-0.2, 0) is 26.4 Å². The van der Waals surface area contributed by atoms with Crippen LogP contribution in [0.2, 0.25) is 24.7 Å². The molecule has 9 nitrogen and oxygen atoms in total. The van der Waals surface area contributed by atoms with Gasteiger partial charge in [-0.1, -0.05) is 70.2 Å². The van der Waals surface area contributed by atoms with E-state index in [2.05, 4.69) is 40.5 Å². The molecule has 2 heterocycles. The van der Waals surface area contributed by atoms with E-state index in [0.717, 1.165) is 36.1 Å². The van der Waals surface area contributed by atoms with Crippen molar-refractivity contribution >= 4 is 31.8 Å². The fourth-order valence-corrected chi connectivity index (χ4v) is 8.08. The maximum absolute atomic E-state index is 13.6. The summed E-state index contributed by atoms with van der Waals surface area (Å²) in [5.41, 5.74) is 1.80. The minimum atomic E-state index is -1.74. The number of nitrogens with one attached hydrogen (secondary N) is 3. The number of carbonyl (C=O) groups is 3. The first-order valence-electron chi connectivity index (χ1n) is 13.5. The number of benzene rings is 1. The van der Waals surface area contributed by atoms with Gasteiger partial charge < -0.3 is 20.3 Å². The van der Waals surface area contributed by atoms with E-state index in [-0.39, 0.29) is 35.5 Å². The molecular formula is C28H41N5O4Si. The van der Waals surface area contributed by atoms with Gasteiger partial charge in [-0.25, -0.2) is 4.79 Å². The van der Waals surface area contributed by atoms with Gasteiger partial charge in [0.25, 0.3) is 0 Å². The first-order chi connectivity index (χ1) is 17.8. The molecule has 0 radical (unpaired) electrons. The largest absolute Gasteiger partial charge is 0.463 e. The maximum Gasteiger partial charge on any atom is 0.319 e. The third-order valence-corrected chi connectivity index (χ3v) is 12.0. The first-order valence-corrected chi connectivity index (χ1v) is 17.0. The van der Waals surface area contributed by atoms with Gasteiger partial charge in [0, 0.05) is 10.6 Å². The van der Waals surface area contributed by atoms with E-state index in [0.29, 0.717) is 12.4 Å². The predicted octanol–water partition coefficient (Wildman–Crippen LogP) is 5.31. The summed E-state index contributed by atoms with van der Waals surface area (Å²) in [6, 6.07) is 8.68. The Morgan fingerprint density at radius 1 is 1.13 bits per heavy atom. The van der Waals surface area contributed by atoms with Gasteiger partial charge in [-0.3, -0.25) is 14.7 Å². The van der Waals surface area contributed by atoms with Gasteiger partial charge in [0.2, 0.25) is 5.91 Å². The highest BCUT2D eigenvalue weighted by atomic mass is 28.3. The van der Waals surface area contributed by atoms with Gasteiger partial charge in [-0.15, -0.1) is 0 Å². The summed E-state index contributed by atoms with van der Waals surface area (Å²) in [4.78, 5) is 40.9. The topological polar surface area (TPSA) is 116 Å². The molecule has 1 unspecified atom stereocenters. The summed E-state index contributed by atoms with van der Waals surface area (Å²) in [6.07, 6.45) is 2.92. The van der Waals surface area contributed by atoms with Crippen molar-refractivity contribution in [2.24, 2.45) is 5.92 Å². The highest BCUT2D eigenvalue weighted by Crippen LogP contribution is 2.56. The van der Waals surface area contributed by atoms with Gasteiger partial charge >= 0.3 is 12.0 Å². The molecule has 0 saturated heterocycles. The molecule has 4 rings (SSSR count). The lowest BCUT2D eigenvalue weighted by atomic mass is 9.83. The van der Waals surface area contributed by atoms with Crippen LogP contribution in [0, 0.1) is 5.92 Å². The zero-order chi connectivity index (χ0) is 27.9. The van der Waals surface area contributed by atoms with Crippen LogP contribution >= 0.6 is 0 Å². The second-order valence-corrected chi connectivity index (χ2v) is 17.9. The SMILES string of the molecule is CC(C)C(=O)OCC(NC(=O)N1Cc2c(NC(=O)C3([Si](C)(C)C)CCC3)n[nH]c2C1(C)C)c1ccccc1. The van der Waals surface area contributed by atoms with Crippen molar-refractivity contribution in [3.8, 4) is 0 Å². The summed E-state index contributed by atoms with van der Waals surface area (Å²) in [5, 5.41) is 13.4. The summed E-state index contributed by atoms with van der Waals surface area (Å²) < 4.78 is 5.49. The Kier molecular flexibility index (Phi) is 7.48. The average molecular weight is 540 g/mol. The molecule has 2 aromatic rings. The molecule has 3 N–H and O–H groups in total. The number of fused-ring (bicyclic) bond motifs is 1. The predicted molar refractivity (Wildman–Crippen MR) is 149 cm³/mol. The fraction of sp³-hybridized carbons (Fsp3) is 0.571. The molecule has 1 aromatic carbocycles. The zero-order valence-electron chi connectivity index (χ0n) is 23.6. The molecule has 1 aliphatic carbocycles. The number of ether oxygens (including phenoxy) is 1. The van der Waals surface area contributed by atoms with Gasteiger partial charge in [-0.05, 0) is 32.3 Å². The lowest BCUT2D eigenvalue weighted by Gasteiger charge is -2.48. The quantitative estimate of drug-likeness (QED) is 0.310. The minimum Gasteiger partial charge on any atom is -0.463 e. The molecule has 1 atom stereocenters. The van der Waals surface area contributed by atoms with E-state index in [9.17, 15) is 14.4 Å². The lowest BCUT2D eigenvalue weighted by molar-refractivity contribution is -0.148. The Hall–Kier alpha value is -3.14. The van der Waals surface area contributed by atoms with E-state index in [1.807, 2.05) is 44.2 Å². The zero-order valence-corrected chi connectivity index (χ0v) is 24.6. The minimum absolute atomic E-state index is 0.0357.